The van der Waals surface area contributed by atoms with E-state index in [1.54, 1.807) is 18.3 Å². The van der Waals surface area contributed by atoms with Gasteiger partial charge in [0.1, 0.15) is 5.82 Å². The summed E-state index contributed by atoms with van der Waals surface area (Å²) in [5.74, 6) is 0.917. The molecule has 2 N–H and O–H groups in total. The average Bonchev–Trinajstić information content (AvgIpc) is 3.03. The van der Waals surface area contributed by atoms with Crippen LogP contribution in [0.4, 0.5) is 11.5 Å². The summed E-state index contributed by atoms with van der Waals surface area (Å²) in [6.07, 6.45) is 2.18. The van der Waals surface area contributed by atoms with Crippen molar-refractivity contribution in [2.45, 2.75) is 12.3 Å². The minimum Gasteiger partial charge on any atom is -0.355 e. The van der Waals surface area contributed by atoms with Gasteiger partial charge >= 0.3 is 0 Å². The van der Waals surface area contributed by atoms with Crippen molar-refractivity contribution >= 4 is 51.6 Å². The number of aromatic nitrogens is 2. The number of nitrogens with one attached hydrogen (secondary N) is 2. The highest BCUT2D eigenvalue weighted by Gasteiger charge is 2.22. The van der Waals surface area contributed by atoms with Gasteiger partial charge in [0.15, 0.2) is 0 Å². The number of benzene rings is 2. The highest BCUT2D eigenvalue weighted by atomic mass is 35.5. The fraction of sp³-hybridized carbons (Fsp3) is 0.167. The smallest absolute Gasteiger partial charge is 0.220 e. The van der Waals surface area contributed by atoms with Crippen LogP contribution >= 0.6 is 23.2 Å². The lowest BCUT2D eigenvalue weighted by atomic mass is 9.98. The summed E-state index contributed by atoms with van der Waals surface area (Å²) in [5.41, 5.74) is 3.36. The molecule has 1 aromatic heterocycles. The Morgan fingerprint density at radius 3 is 2.68 bits per heavy atom. The van der Waals surface area contributed by atoms with Crippen LogP contribution in [0.2, 0.25) is 10.0 Å². The van der Waals surface area contributed by atoms with Crippen LogP contribution in [0.15, 0.2) is 42.6 Å². The lowest BCUT2D eigenvalue weighted by Gasteiger charge is -2.11. The Morgan fingerprint density at radius 2 is 1.92 bits per heavy atom. The molecule has 2 aromatic carbocycles. The molecular weight excluding hydrogens is 359 g/mol. The average molecular weight is 373 g/mol. The van der Waals surface area contributed by atoms with Crippen LogP contribution in [0.25, 0.3) is 11.0 Å². The van der Waals surface area contributed by atoms with Gasteiger partial charge in [0.05, 0.1) is 27.3 Å². The molecule has 0 aliphatic carbocycles. The van der Waals surface area contributed by atoms with E-state index in [1.165, 1.54) is 0 Å². The van der Waals surface area contributed by atoms with Crippen molar-refractivity contribution in [2.75, 3.05) is 11.9 Å². The normalized spacial score (nSPS) is 16.9. The monoisotopic (exact) mass is 372 g/mol. The molecule has 25 heavy (non-hydrogen) atoms. The third-order valence-electron chi connectivity index (χ3n) is 4.19. The molecule has 2 heterocycles. The Kier molecular flexibility index (Phi) is 4.19. The molecule has 1 saturated heterocycles. The second kappa shape index (κ2) is 6.50. The van der Waals surface area contributed by atoms with Crippen molar-refractivity contribution in [3.05, 3.63) is 58.2 Å². The molecule has 0 saturated carbocycles. The molecule has 1 fully saturated rings. The van der Waals surface area contributed by atoms with Crippen molar-refractivity contribution < 1.29 is 4.79 Å². The van der Waals surface area contributed by atoms with Gasteiger partial charge in [-0.2, -0.15) is 0 Å². The van der Waals surface area contributed by atoms with Crippen LogP contribution in [0.1, 0.15) is 17.9 Å². The molecule has 0 radical (unpaired) electrons. The van der Waals surface area contributed by atoms with Gasteiger partial charge in [-0.25, -0.2) is 4.98 Å². The number of halogens is 2. The number of fused-ring (bicyclic) bond motifs is 1. The van der Waals surface area contributed by atoms with Crippen molar-refractivity contribution in [1.29, 1.82) is 0 Å². The third-order valence-corrected chi connectivity index (χ3v) is 4.91. The van der Waals surface area contributed by atoms with Gasteiger partial charge in [-0.15, -0.1) is 0 Å². The molecule has 1 unspecified atom stereocenters. The predicted octanol–water partition coefficient (Wildman–Crippen LogP) is 4.28. The van der Waals surface area contributed by atoms with E-state index in [2.05, 4.69) is 20.6 Å². The Balaban J connectivity index is 1.60. The Bertz CT molecular complexity index is 976. The van der Waals surface area contributed by atoms with Gasteiger partial charge in [-0.1, -0.05) is 35.3 Å². The maximum absolute atomic E-state index is 11.4. The largest absolute Gasteiger partial charge is 0.355 e. The standard InChI is InChI=1S/C18H14Cl2N4O/c19-13-6-15-16(7-14(13)20)24-17(9-21-15)23-12-3-1-2-10(4-12)11-5-18(25)22-8-11/h1-4,6-7,9,11H,5,8H2,(H,22,25)(H,23,24). The topological polar surface area (TPSA) is 66.9 Å². The second-order valence-corrected chi connectivity index (χ2v) is 6.78. The summed E-state index contributed by atoms with van der Waals surface area (Å²) in [7, 11) is 0. The number of anilines is 2. The molecule has 0 bridgehead atoms. The van der Waals surface area contributed by atoms with Crippen LogP contribution < -0.4 is 10.6 Å². The Morgan fingerprint density at radius 1 is 1.12 bits per heavy atom. The van der Waals surface area contributed by atoms with Crippen molar-refractivity contribution in [2.24, 2.45) is 0 Å². The lowest BCUT2D eigenvalue weighted by molar-refractivity contribution is -0.119. The molecule has 1 aliphatic heterocycles. The van der Waals surface area contributed by atoms with Crippen LogP contribution in [0.3, 0.4) is 0 Å². The van der Waals surface area contributed by atoms with Gasteiger partial charge in [-0.3, -0.25) is 9.78 Å². The Hall–Kier alpha value is -2.37. The van der Waals surface area contributed by atoms with E-state index in [0.29, 0.717) is 39.9 Å². The summed E-state index contributed by atoms with van der Waals surface area (Å²) in [6.45, 7) is 0.678. The summed E-state index contributed by atoms with van der Waals surface area (Å²) in [4.78, 5) is 20.3. The maximum Gasteiger partial charge on any atom is 0.220 e. The molecule has 126 valence electrons. The number of rotatable bonds is 3. The highest BCUT2D eigenvalue weighted by Crippen LogP contribution is 2.28. The van der Waals surface area contributed by atoms with Crippen molar-refractivity contribution in [3.63, 3.8) is 0 Å². The lowest BCUT2D eigenvalue weighted by Crippen LogP contribution is -2.13. The van der Waals surface area contributed by atoms with E-state index in [-0.39, 0.29) is 11.8 Å². The fourth-order valence-corrected chi connectivity index (χ4v) is 3.24. The van der Waals surface area contributed by atoms with E-state index in [4.69, 9.17) is 23.2 Å². The second-order valence-electron chi connectivity index (χ2n) is 5.97. The first-order valence-corrected chi connectivity index (χ1v) is 8.59. The highest BCUT2D eigenvalue weighted by molar-refractivity contribution is 6.42. The Labute approximate surface area is 154 Å². The van der Waals surface area contributed by atoms with Crippen LogP contribution in [-0.2, 0) is 4.79 Å². The number of amides is 1. The van der Waals surface area contributed by atoms with E-state index >= 15 is 0 Å². The molecular formula is C18H14Cl2N4O. The molecule has 1 atom stereocenters. The molecule has 5 nitrogen and oxygen atoms in total. The first kappa shape index (κ1) is 16.1. The minimum atomic E-state index is 0.0966. The maximum atomic E-state index is 11.4. The predicted molar refractivity (Wildman–Crippen MR) is 99.7 cm³/mol. The van der Waals surface area contributed by atoms with Crippen molar-refractivity contribution in [3.8, 4) is 0 Å². The van der Waals surface area contributed by atoms with E-state index in [9.17, 15) is 4.79 Å². The quantitative estimate of drug-likeness (QED) is 0.719. The molecule has 4 rings (SSSR count). The molecule has 0 spiro atoms. The molecule has 1 amide bonds. The molecule has 1 aliphatic rings. The van der Waals surface area contributed by atoms with Crippen LogP contribution in [0.5, 0.6) is 0 Å². The van der Waals surface area contributed by atoms with E-state index < -0.39 is 0 Å². The zero-order chi connectivity index (χ0) is 17.4. The zero-order valence-electron chi connectivity index (χ0n) is 13.1. The first-order chi connectivity index (χ1) is 12.1. The fourth-order valence-electron chi connectivity index (χ4n) is 2.93. The number of hydrogen-bond donors (Lipinski definition) is 2. The number of carbonyl (C=O) groups excluding carboxylic acids is 1. The summed E-state index contributed by atoms with van der Waals surface area (Å²) >= 11 is 12.1. The first-order valence-electron chi connectivity index (χ1n) is 7.84. The summed E-state index contributed by atoms with van der Waals surface area (Å²) in [6, 6.07) is 11.4. The summed E-state index contributed by atoms with van der Waals surface area (Å²) < 4.78 is 0. The van der Waals surface area contributed by atoms with Crippen LogP contribution in [-0.4, -0.2) is 22.4 Å². The SMILES string of the molecule is O=C1CC(c2cccc(Nc3cnc4cc(Cl)c(Cl)cc4n3)c2)CN1. The molecule has 7 heteroatoms. The van der Waals surface area contributed by atoms with Gasteiger partial charge in [0.2, 0.25) is 5.91 Å². The number of nitrogens with zero attached hydrogens (tertiary/aromatic N) is 2. The molecule has 3 aromatic rings. The third kappa shape index (κ3) is 3.38. The van der Waals surface area contributed by atoms with E-state index in [0.717, 1.165) is 11.3 Å². The van der Waals surface area contributed by atoms with Gasteiger partial charge < -0.3 is 10.6 Å². The van der Waals surface area contributed by atoms with Gasteiger partial charge in [-0.05, 0) is 29.8 Å². The van der Waals surface area contributed by atoms with E-state index in [1.807, 2.05) is 24.3 Å². The van der Waals surface area contributed by atoms with Gasteiger partial charge in [0, 0.05) is 24.6 Å². The van der Waals surface area contributed by atoms with Gasteiger partial charge in [0.25, 0.3) is 0 Å². The minimum absolute atomic E-state index is 0.0966. The summed E-state index contributed by atoms with van der Waals surface area (Å²) in [5, 5.41) is 7.01. The van der Waals surface area contributed by atoms with Crippen molar-refractivity contribution in [1.82, 2.24) is 15.3 Å². The number of hydrogen-bond acceptors (Lipinski definition) is 4. The van der Waals surface area contributed by atoms with Crippen LogP contribution in [0, 0.1) is 0 Å². The number of carbonyl (C=O) groups is 1. The zero-order valence-corrected chi connectivity index (χ0v) is 14.6.